The lowest BCUT2D eigenvalue weighted by atomic mass is 9.96. The second-order valence-corrected chi connectivity index (χ2v) is 7.69. The molecule has 5 aromatic rings. The van der Waals surface area contributed by atoms with Gasteiger partial charge >= 0.3 is 5.63 Å². The minimum Gasteiger partial charge on any atom is -0.463 e. The van der Waals surface area contributed by atoms with Crippen LogP contribution in [-0.4, -0.2) is 0 Å². The fourth-order valence-electron chi connectivity index (χ4n) is 4.30. The van der Waals surface area contributed by atoms with Crippen LogP contribution >= 0.6 is 0 Å². The van der Waals surface area contributed by atoms with Crippen LogP contribution in [0.25, 0.3) is 44.2 Å². The minimum absolute atomic E-state index is 0.256. The number of aryl methyl sites for hydroxylation is 2. The number of hydrogen-bond donors (Lipinski definition) is 0. The van der Waals surface area contributed by atoms with E-state index in [1.807, 2.05) is 39.0 Å². The molecule has 0 bridgehead atoms. The monoisotopic (exact) mass is 394 g/mol. The molecule has 0 atom stereocenters. The van der Waals surface area contributed by atoms with Gasteiger partial charge in [0.2, 0.25) is 0 Å². The average molecular weight is 394 g/mol. The molecule has 0 aliphatic carbocycles. The first-order valence-electron chi connectivity index (χ1n) is 10.2. The Morgan fingerprint density at radius 2 is 1.43 bits per heavy atom. The SMILES string of the molecule is CCc1c(C)c2cc3c(-c4ccc(-c5ccccc5)cc4)coc3c(C)c2oc1=O. The number of furan rings is 1. The molecule has 5 rings (SSSR count). The highest BCUT2D eigenvalue weighted by molar-refractivity contribution is 6.05. The second-order valence-electron chi connectivity index (χ2n) is 7.69. The maximum atomic E-state index is 12.4. The quantitative estimate of drug-likeness (QED) is 0.308. The van der Waals surface area contributed by atoms with E-state index in [-0.39, 0.29) is 5.63 Å². The molecule has 0 aliphatic rings. The summed E-state index contributed by atoms with van der Waals surface area (Å²) in [6.45, 7) is 5.93. The van der Waals surface area contributed by atoms with Crippen molar-refractivity contribution in [2.45, 2.75) is 27.2 Å². The van der Waals surface area contributed by atoms with E-state index in [0.29, 0.717) is 12.0 Å². The highest BCUT2D eigenvalue weighted by Crippen LogP contribution is 2.37. The molecule has 0 aliphatic heterocycles. The molecule has 0 radical (unpaired) electrons. The summed E-state index contributed by atoms with van der Waals surface area (Å²) in [5.74, 6) is 0. The Balaban J connectivity index is 1.70. The van der Waals surface area contributed by atoms with Crippen molar-refractivity contribution in [2.24, 2.45) is 0 Å². The summed E-state index contributed by atoms with van der Waals surface area (Å²) in [7, 11) is 0. The maximum absolute atomic E-state index is 12.4. The summed E-state index contributed by atoms with van der Waals surface area (Å²) < 4.78 is 11.6. The van der Waals surface area contributed by atoms with Crippen LogP contribution < -0.4 is 5.63 Å². The smallest absolute Gasteiger partial charge is 0.339 e. The fraction of sp³-hybridized carbons (Fsp3) is 0.148. The van der Waals surface area contributed by atoms with E-state index in [0.717, 1.165) is 44.2 Å². The lowest BCUT2D eigenvalue weighted by Crippen LogP contribution is -2.09. The topological polar surface area (TPSA) is 43.4 Å². The van der Waals surface area contributed by atoms with Crippen molar-refractivity contribution in [2.75, 3.05) is 0 Å². The lowest BCUT2D eigenvalue weighted by molar-refractivity contribution is 0.546. The Morgan fingerprint density at radius 3 is 2.13 bits per heavy atom. The third kappa shape index (κ3) is 2.78. The van der Waals surface area contributed by atoms with Gasteiger partial charge < -0.3 is 8.83 Å². The molecule has 2 heterocycles. The van der Waals surface area contributed by atoms with Crippen LogP contribution in [0.2, 0.25) is 0 Å². The summed E-state index contributed by atoms with van der Waals surface area (Å²) in [6, 6.07) is 21.0. The van der Waals surface area contributed by atoms with Crippen LogP contribution in [-0.2, 0) is 6.42 Å². The van der Waals surface area contributed by atoms with Crippen molar-refractivity contribution < 1.29 is 8.83 Å². The minimum atomic E-state index is -0.256. The lowest BCUT2D eigenvalue weighted by Gasteiger charge is -2.09. The predicted octanol–water partition coefficient (Wildman–Crippen LogP) is 7.05. The molecule has 2 aromatic heterocycles. The van der Waals surface area contributed by atoms with Crippen molar-refractivity contribution in [3.63, 3.8) is 0 Å². The van der Waals surface area contributed by atoms with Crippen LogP contribution in [0.1, 0.15) is 23.6 Å². The molecule has 0 saturated heterocycles. The van der Waals surface area contributed by atoms with E-state index < -0.39 is 0 Å². The van der Waals surface area contributed by atoms with Gasteiger partial charge in [-0.2, -0.15) is 0 Å². The summed E-state index contributed by atoms with van der Waals surface area (Å²) >= 11 is 0. The van der Waals surface area contributed by atoms with Crippen molar-refractivity contribution in [3.05, 3.63) is 94.0 Å². The first kappa shape index (κ1) is 18.4. The van der Waals surface area contributed by atoms with Crippen molar-refractivity contribution >= 4 is 21.9 Å². The molecular formula is C27H22O3. The summed E-state index contributed by atoms with van der Waals surface area (Å²) in [5, 5.41) is 2.01. The predicted molar refractivity (Wildman–Crippen MR) is 122 cm³/mol. The molecule has 0 amide bonds. The van der Waals surface area contributed by atoms with Gasteiger partial charge in [-0.25, -0.2) is 4.79 Å². The molecule has 0 unspecified atom stereocenters. The fourth-order valence-corrected chi connectivity index (χ4v) is 4.30. The van der Waals surface area contributed by atoms with Crippen molar-refractivity contribution in [1.82, 2.24) is 0 Å². The Morgan fingerprint density at radius 1 is 0.767 bits per heavy atom. The van der Waals surface area contributed by atoms with Gasteiger partial charge in [0.15, 0.2) is 0 Å². The molecule has 3 nitrogen and oxygen atoms in total. The number of benzene rings is 3. The Labute approximate surface area is 174 Å². The highest BCUT2D eigenvalue weighted by atomic mass is 16.4. The molecule has 3 heteroatoms. The van der Waals surface area contributed by atoms with Gasteiger partial charge in [-0.3, -0.25) is 0 Å². The van der Waals surface area contributed by atoms with Gasteiger partial charge in [0.05, 0.1) is 6.26 Å². The standard InChI is InChI=1S/C27H22O3/c1-4-21-16(2)22-14-23-24(15-29-25(23)17(3)26(22)30-27(21)28)20-12-10-19(11-13-20)18-8-6-5-7-9-18/h5-15H,4H2,1-3H3. The summed E-state index contributed by atoms with van der Waals surface area (Å²) in [4.78, 5) is 12.4. The van der Waals surface area contributed by atoms with Crippen molar-refractivity contribution in [3.8, 4) is 22.3 Å². The molecule has 0 spiro atoms. The van der Waals surface area contributed by atoms with Crippen LogP contribution in [0.5, 0.6) is 0 Å². The molecular weight excluding hydrogens is 372 g/mol. The van der Waals surface area contributed by atoms with E-state index in [4.69, 9.17) is 8.83 Å². The third-order valence-electron chi connectivity index (χ3n) is 6.00. The van der Waals surface area contributed by atoms with Crippen LogP contribution in [0.4, 0.5) is 0 Å². The number of fused-ring (bicyclic) bond motifs is 2. The molecule has 30 heavy (non-hydrogen) atoms. The van der Waals surface area contributed by atoms with Crippen molar-refractivity contribution in [1.29, 1.82) is 0 Å². The normalized spacial score (nSPS) is 11.4. The van der Waals surface area contributed by atoms with Crippen LogP contribution in [0, 0.1) is 13.8 Å². The largest absolute Gasteiger partial charge is 0.463 e. The number of rotatable bonds is 3. The summed E-state index contributed by atoms with van der Waals surface area (Å²) in [6.07, 6.45) is 2.45. The maximum Gasteiger partial charge on any atom is 0.339 e. The van der Waals surface area contributed by atoms with E-state index in [1.54, 1.807) is 6.26 Å². The number of hydrogen-bond acceptors (Lipinski definition) is 3. The first-order chi connectivity index (χ1) is 14.6. The Hall–Kier alpha value is -3.59. The van der Waals surface area contributed by atoms with Crippen LogP contribution in [0.15, 0.2) is 80.6 Å². The van der Waals surface area contributed by atoms with Gasteiger partial charge in [0.1, 0.15) is 11.2 Å². The van der Waals surface area contributed by atoms with Gasteiger partial charge in [-0.15, -0.1) is 0 Å². The summed E-state index contributed by atoms with van der Waals surface area (Å²) in [5.41, 5.74) is 8.21. The molecule has 148 valence electrons. The zero-order valence-corrected chi connectivity index (χ0v) is 17.3. The second kappa shape index (κ2) is 7.03. The highest BCUT2D eigenvalue weighted by Gasteiger charge is 2.18. The van der Waals surface area contributed by atoms with Gasteiger partial charge in [0.25, 0.3) is 0 Å². The molecule has 0 saturated carbocycles. The van der Waals surface area contributed by atoms with E-state index in [1.165, 1.54) is 11.1 Å². The third-order valence-corrected chi connectivity index (χ3v) is 6.00. The van der Waals surface area contributed by atoms with Gasteiger partial charge in [-0.05, 0) is 48.6 Å². The van der Waals surface area contributed by atoms with E-state index in [2.05, 4.69) is 42.5 Å². The zero-order valence-electron chi connectivity index (χ0n) is 17.3. The Bertz CT molecular complexity index is 1440. The van der Waals surface area contributed by atoms with E-state index in [9.17, 15) is 4.79 Å². The zero-order chi connectivity index (χ0) is 20.8. The Kier molecular flexibility index (Phi) is 4.32. The van der Waals surface area contributed by atoms with Gasteiger partial charge in [-0.1, -0.05) is 61.5 Å². The van der Waals surface area contributed by atoms with Gasteiger partial charge in [0, 0.05) is 27.5 Å². The molecule has 3 aromatic carbocycles. The molecule has 0 fully saturated rings. The van der Waals surface area contributed by atoms with E-state index >= 15 is 0 Å². The molecule has 0 N–H and O–H groups in total. The average Bonchev–Trinajstić information content (AvgIpc) is 3.20. The first-order valence-corrected chi connectivity index (χ1v) is 10.2. The van der Waals surface area contributed by atoms with Crippen LogP contribution in [0.3, 0.4) is 0 Å².